The van der Waals surface area contributed by atoms with E-state index in [1.54, 1.807) is 48.5 Å². The highest BCUT2D eigenvalue weighted by Gasteiger charge is 2.50. The molecule has 10 heteroatoms. The number of nitrogens with one attached hydrogen (secondary N) is 2. The number of carbonyl (C=O) groups is 2. The van der Waals surface area contributed by atoms with Gasteiger partial charge in [-0.1, -0.05) is 98.8 Å². The van der Waals surface area contributed by atoms with Crippen LogP contribution < -0.4 is 11.7 Å². The second-order valence-electron chi connectivity index (χ2n) is 12.2. The number of hydrazone groups is 2. The standard InChI is InChI=1S/C38H36N6O4/c1-3-21-17-23(37(35(45)46)19-31(43-41)33(39)27-9-5-7-11-29(27)37)13-15-25(21)26-16-14-24(18-22(26)4-2)38(36(47)48)20-32(44-42)34(40)28-10-6-8-12-30(28)38/h5-18,39-40H,3-4,19-20,41-42H2,1-2H3,(H,45,46)(H,47,48). The summed E-state index contributed by atoms with van der Waals surface area (Å²) in [4.78, 5) is 26.5. The van der Waals surface area contributed by atoms with E-state index in [9.17, 15) is 19.8 Å². The molecule has 0 amide bonds. The average molecular weight is 641 g/mol. The maximum Gasteiger partial charge on any atom is 0.319 e. The maximum absolute atomic E-state index is 13.2. The first-order chi connectivity index (χ1) is 23.1. The van der Waals surface area contributed by atoms with E-state index >= 15 is 0 Å². The Morgan fingerprint density at radius 3 is 1.35 bits per heavy atom. The number of nitrogens with two attached hydrogens (primary N) is 2. The second kappa shape index (κ2) is 12.0. The fourth-order valence-electron chi connectivity index (χ4n) is 7.52. The molecule has 0 saturated carbocycles. The molecule has 2 unspecified atom stereocenters. The summed E-state index contributed by atoms with van der Waals surface area (Å²) in [5.41, 5.74) is 4.45. The molecule has 0 bridgehead atoms. The van der Waals surface area contributed by atoms with Crippen LogP contribution in [0, 0.1) is 10.8 Å². The quantitative estimate of drug-likeness (QED) is 0.115. The summed E-state index contributed by atoms with van der Waals surface area (Å²) in [7, 11) is 0. The number of aryl methyl sites for hydroxylation is 2. The molecule has 10 nitrogen and oxygen atoms in total. The van der Waals surface area contributed by atoms with Crippen LogP contribution in [-0.4, -0.2) is 45.0 Å². The Bertz CT molecular complexity index is 1950. The minimum Gasteiger partial charge on any atom is -0.480 e. The first-order valence-electron chi connectivity index (χ1n) is 15.7. The third-order valence-corrected chi connectivity index (χ3v) is 10.0. The lowest BCUT2D eigenvalue weighted by Gasteiger charge is -2.37. The van der Waals surface area contributed by atoms with Crippen molar-refractivity contribution in [3.05, 3.63) is 129 Å². The SMILES string of the molecule is CCc1cc(C2(C(=O)O)CC(=NN)C(=N)c3ccccc32)ccc1-c1ccc(C2(C(=O)O)CC(=NN)C(=N)c3ccccc32)cc1CC. The van der Waals surface area contributed by atoms with Gasteiger partial charge in [-0.3, -0.25) is 20.4 Å². The van der Waals surface area contributed by atoms with Gasteiger partial charge < -0.3 is 21.9 Å². The molecule has 8 N–H and O–H groups in total. The molecule has 0 heterocycles. The van der Waals surface area contributed by atoms with Crippen molar-refractivity contribution in [2.45, 2.75) is 50.4 Å². The lowest BCUT2D eigenvalue weighted by molar-refractivity contribution is -0.142. The summed E-state index contributed by atoms with van der Waals surface area (Å²) in [5, 5.41) is 46.5. The zero-order valence-corrected chi connectivity index (χ0v) is 26.7. The van der Waals surface area contributed by atoms with E-state index < -0.39 is 22.8 Å². The molecule has 2 aliphatic carbocycles. The van der Waals surface area contributed by atoms with Crippen LogP contribution in [0.2, 0.25) is 0 Å². The minimum absolute atomic E-state index is 0.0591. The highest BCUT2D eigenvalue weighted by atomic mass is 16.4. The number of carboxylic acid groups (broad SMARTS) is 2. The first-order valence-corrected chi connectivity index (χ1v) is 15.7. The van der Waals surface area contributed by atoms with Gasteiger partial charge in [0.1, 0.15) is 10.8 Å². The highest BCUT2D eigenvalue weighted by Crippen LogP contribution is 2.46. The molecule has 0 spiro atoms. The number of fused-ring (bicyclic) bond motifs is 2. The molecule has 0 radical (unpaired) electrons. The predicted octanol–water partition coefficient (Wildman–Crippen LogP) is 5.39. The Kier molecular flexibility index (Phi) is 8.04. The predicted molar refractivity (Wildman–Crippen MR) is 186 cm³/mol. The van der Waals surface area contributed by atoms with Crippen molar-refractivity contribution >= 4 is 34.8 Å². The molecule has 0 aliphatic heterocycles. The van der Waals surface area contributed by atoms with E-state index in [0.717, 1.165) is 22.3 Å². The van der Waals surface area contributed by atoms with Gasteiger partial charge in [0.15, 0.2) is 0 Å². The molecule has 4 aromatic rings. The molecular formula is C38H36N6O4. The summed E-state index contributed by atoms with van der Waals surface area (Å²) in [5.74, 6) is 9.23. The Morgan fingerprint density at radius 2 is 1.02 bits per heavy atom. The normalized spacial score (nSPS) is 22.0. The molecule has 0 aromatic heterocycles. The number of benzene rings is 4. The van der Waals surface area contributed by atoms with Crippen LogP contribution in [0.4, 0.5) is 0 Å². The van der Waals surface area contributed by atoms with Crippen LogP contribution in [0.15, 0.2) is 95.1 Å². The Labute approximate surface area is 277 Å². The molecule has 2 aliphatic rings. The van der Waals surface area contributed by atoms with Crippen LogP contribution >= 0.6 is 0 Å². The van der Waals surface area contributed by atoms with Crippen molar-refractivity contribution in [1.29, 1.82) is 10.8 Å². The van der Waals surface area contributed by atoms with Crippen molar-refractivity contribution in [2.75, 3.05) is 0 Å². The Balaban J connectivity index is 1.52. The fourth-order valence-corrected chi connectivity index (χ4v) is 7.52. The van der Waals surface area contributed by atoms with Gasteiger partial charge in [0.25, 0.3) is 0 Å². The van der Waals surface area contributed by atoms with E-state index in [2.05, 4.69) is 10.2 Å². The number of carboxylic acids is 2. The minimum atomic E-state index is -1.50. The summed E-state index contributed by atoms with van der Waals surface area (Å²) in [6.07, 6.45) is 1.08. The summed E-state index contributed by atoms with van der Waals surface area (Å²) in [6, 6.07) is 25.4. The van der Waals surface area contributed by atoms with Crippen LogP contribution in [0.5, 0.6) is 0 Å². The summed E-state index contributed by atoms with van der Waals surface area (Å²) in [6.45, 7) is 4.02. The fraction of sp³-hybridized carbons (Fsp3) is 0.211. The second-order valence-corrected chi connectivity index (χ2v) is 12.2. The number of hydrogen-bond acceptors (Lipinski definition) is 8. The van der Waals surface area contributed by atoms with E-state index in [4.69, 9.17) is 22.5 Å². The maximum atomic E-state index is 13.2. The van der Waals surface area contributed by atoms with Gasteiger partial charge in [0, 0.05) is 24.0 Å². The van der Waals surface area contributed by atoms with E-state index in [0.29, 0.717) is 46.2 Å². The number of hydrogen-bond donors (Lipinski definition) is 6. The van der Waals surface area contributed by atoms with Gasteiger partial charge in [0.2, 0.25) is 0 Å². The van der Waals surface area contributed by atoms with Gasteiger partial charge in [0.05, 0.1) is 22.8 Å². The monoisotopic (exact) mass is 640 g/mol. The van der Waals surface area contributed by atoms with E-state index in [1.807, 2.05) is 50.2 Å². The van der Waals surface area contributed by atoms with Crippen molar-refractivity contribution in [1.82, 2.24) is 0 Å². The molecule has 2 atom stereocenters. The number of nitrogens with zero attached hydrogens (tertiary/aromatic N) is 2. The van der Waals surface area contributed by atoms with Gasteiger partial charge >= 0.3 is 11.9 Å². The number of rotatable bonds is 7. The van der Waals surface area contributed by atoms with Crippen molar-refractivity contribution in [3.8, 4) is 11.1 Å². The van der Waals surface area contributed by atoms with E-state index in [-0.39, 0.29) is 35.7 Å². The van der Waals surface area contributed by atoms with Crippen LogP contribution in [0.25, 0.3) is 11.1 Å². The van der Waals surface area contributed by atoms with Crippen LogP contribution in [0.1, 0.15) is 71.2 Å². The van der Waals surface area contributed by atoms with Crippen molar-refractivity contribution in [3.63, 3.8) is 0 Å². The van der Waals surface area contributed by atoms with Gasteiger partial charge in [-0.2, -0.15) is 10.2 Å². The van der Waals surface area contributed by atoms with Crippen LogP contribution in [0.3, 0.4) is 0 Å². The highest BCUT2D eigenvalue weighted by molar-refractivity contribution is 6.50. The smallest absolute Gasteiger partial charge is 0.319 e. The van der Waals surface area contributed by atoms with E-state index in [1.165, 1.54) is 0 Å². The average Bonchev–Trinajstić information content (AvgIpc) is 3.11. The third kappa shape index (κ3) is 4.55. The molecule has 48 heavy (non-hydrogen) atoms. The van der Waals surface area contributed by atoms with Crippen LogP contribution in [-0.2, 0) is 33.3 Å². The molecule has 242 valence electrons. The third-order valence-electron chi connectivity index (χ3n) is 10.0. The molecule has 0 fully saturated rings. The molecule has 4 aromatic carbocycles. The topological polar surface area (TPSA) is 199 Å². The molecule has 6 rings (SSSR count). The molecule has 0 saturated heterocycles. The van der Waals surface area contributed by atoms with Crippen molar-refractivity contribution in [2.24, 2.45) is 21.9 Å². The van der Waals surface area contributed by atoms with Gasteiger partial charge in [-0.05, 0) is 57.3 Å². The Hall–Kier alpha value is -5.90. The lowest BCUT2D eigenvalue weighted by Crippen LogP contribution is -2.46. The van der Waals surface area contributed by atoms with Gasteiger partial charge in [-0.15, -0.1) is 0 Å². The lowest BCUT2D eigenvalue weighted by atomic mass is 9.64. The number of aliphatic carboxylic acids is 2. The van der Waals surface area contributed by atoms with Gasteiger partial charge in [-0.25, -0.2) is 0 Å². The molecular weight excluding hydrogens is 604 g/mol. The zero-order chi connectivity index (χ0) is 34.4. The zero-order valence-electron chi connectivity index (χ0n) is 26.7. The largest absolute Gasteiger partial charge is 0.480 e. The van der Waals surface area contributed by atoms with Crippen molar-refractivity contribution < 1.29 is 19.8 Å². The first kappa shape index (κ1) is 32.1. The summed E-state index contributed by atoms with van der Waals surface area (Å²) >= 11 is 0. The Morgan fingerprint density at radius 1 is 0.646 bits per heavy atom. The summed E-state index contributed by atoms with van der Waals surface area (Å²) < 4.78 is 0.